The van der Waals surface area contributed by atoms with Crippen LogP contribution in [0, 0.1) is 13.8 Å². The van der Waals surface area contributed by atoms with Crippen molar-refractivity contribution in [2.75, 3.05) is 5.43 Å². The van der Waals surface area contributed by atoms with Crippen LogP contribution in [0.4, 0.5) is 0 Å². The normalized spacial score (nSPS) is 12.6. The van der Waals surface area contributed by atoms with Crippen LogP contribution in [-0.4, -0.2) is 15.4 Å². The molecule has 0 spiro atoms. The van der Waals surface area contributed by atoms with Gasteiger partial charge in [-0.05, 0) is 32.9 Å². The molecular weight excluding hydrogens is 232 g/mol. The molecule has 1 atom stereocenters. The number of nitrogens with one attached hydrogen (secondary N) is 1. The van der Waals surface area contributed by atoms with Gasteiger partial charge in [-0.25, -0.2) is 0 Å². The Bertz CT molecular complexity index is 298. The molecule has 1 N–H and O–H groups in total. The highest BCUT2D eigenvalue weighted by Gasteiger charge is 2.10. The van der Waals surface area contributed by atoms with E-state index in [0.717, 1.165) is 11.4 Å². The van der Waals surface area contributed by atoms with E-state index in [1.807, 2.05) is 26.0 Å². The van der Waals surface area contributed by atoms with Gasteiger partial charge in [0.05, 0.1) is 4.83 Å². The maximum atomic E-state index is 11.3. The number of rotatable bonds is 2. The third-order valence-electron chi connectivity index (χ3n) is 1.85. The van der Waals surface area contributed by atoms with Gasteiger partial charge in [0.15, 0.2) is 0 Å². The minimum atomic E-state index is -0.173. The van der Waals surface area contributed by atoms with Gasteiger partial charge in [-0.3, -0.25) is 14.9 Å². The van der Waals surface area contributed by atoms with Crippen LogP contribution >= 0.6 is 15.9 Å². The van der Waals surface area contributed by atoms with E-state index < -0.39 is 0 Å². The molecule has 13 heavy (non-hydrogen) atoms. The summed E-state index contributed by atoms with van der Waals surface area (Å²) < 4.78 is 1.78. The van der Waals surface area contributed by atoms with Crippen molar-refractivity contribution in [3.8, 4) is 0 Å². The van der Waals surface area contributed by atoms with E-state index in [0.29, 0.717) is 0 Å². The molecule has 0 aliphatic heterocycles. The number of hydrogen-bond donors (Lipinski definition) is 1. The van der Waals surface area contributed by atoms with Crippen LogP contribution in [0.2, 0.25) is 0 Å². The van der Waals surface area contributed by atoms with Crippen molar-refractivity contribution in [2.24, 2.45) is 0 Å². The molecular formula is C9H13BrN2O. The smallest absolute Gasteiger partial charge is 0.252 e. The number of aromatic nitrogens is 1. The van der Waals surface area contributed by atoms with Gasteiger partial charge in [0.25, 0.3) is 5.91 Å². The molecule has 0 bridgehead atoms. The van der Waals surface area contributed by atoms with Crippen LogP contribution in [0.25, 0.3) is 0 Å². The van der Waals surface area contributed by atoms with Crippen LogP contribution in [0.3, 0.4) is 0 Å². The van der Waals surface area contributed by atoms with E-state index in [2.05, 4.69) is 21.4 Å². The molecule has 0 radical (unpaired) electrons. The molecule has 0 aliphatic rings. The lowest BCUT2D eigenvalue weighted by atomic mass is 10.5. The molecule has 1 rings (SSSR count). The zero-order valence-corrected chi connectivity index (χ0v) is 9.55. The summed E-state index contributed by atoms with van der Waals surface area (Å²) >= 11 is 3.21. The van der Waals surface area contributed by atoms with Crippen molar-refractivity contribution in [1.29, 1.82) is 0 Å². The van der Waals surface area contributed by atoms with Crippen molar-refractivity contribution < 1.29 is 4.79 Å². The second-order valence-electron chi connectivity index (χ2n) is 3.04. The fourth-order valence-corrected chi connectivity index (χ4v) is 1.15. The standard InChI is InChI=1S/C9H13BrN2O/c1-6-4-5-7(2)12(6)11-9(13)8(3)10/h4-5,8H,1-3H3,(H,11,13). The van der Waals surface area contributed by atoms with Gasteiger partial charge in [-0.2, -0.15) is 0 Å². The Balaban J connectivity index is 2.79. The van der Waals surface area contributed by atoms with Gasteiger partial charge in [0.2, 0.25) is 0 Å². The van der Waals surface area contributed by atoms with Gasteiger partial charge < -0.3 is 0 Å². The summed E-state index contributed by atoms with van der Waals surface area (Å²) in [5.74, 6) is -0.0394. The Hall–Kier alpha value is -0.770. The zero-order valence-electron chi connectivity index (χ0n) is 7.97. The third kappa shape index (κ3) is 2.34. The minimum absolute atomic E-state index is 0.0394. The Morgan fingerprint density at radius 1 is 1.46 bits per heavy atom. The van der Waals surface area contributed by atoms with Crippen molar-refractivity contribution in [3.63, 3.8) is 0 Å². The average molecular weight is 245 g/mol. The molecule has 0 aromatic carbocycles. The van der Waals surface area contributed by atoms with E-state index >= 15 is 0 Å². The monoisotopic (exact) mass is 244 g/mol. The van der Waals surface area contributed by atoms with Crippen molar-refractivity contribution >= 4 is 21.8 Å². The first-order chi connectivity index (χ1) is 6.02. The van der Waals surface area contributed by atoms with E-state index in [4.69, 9.17) is 0 Å². The SMILES string of the molecule is Cc1ccc(C)n1NC(=O)C(C)Br. The van der Waals surface area contributed by atoms with Crippen LogP contribution in [0.5, 0.6) is 0 Å². The molecule has 0 fully saturated rings. The maximum Gasteiger partial charge on any atom is 0.252 e. The molecule has 3 nitrogen and oxygen atoms in total. The Morgan fingerprint density at radius 2 is 1.92 bits per heavy atom. The van der Waals surface area contributed by atoms with Gasteiger partial charge >= 0.3 is 0 Å². The number of nitrogens with zero attached hydrogens (tertiary/aromatic N) is 1. The Morgan fingerprint density at radius 3 is 2.31 bits per heavy atom. The molecule has 0 saturated heterocycles. The van der Waals surface area contributed by atoms with Crippen molar-refractivity contribution in [3.05, 3.63) is 23.5 Å². The second kappa shape index (κ2) is 3.96. The van der Waals surface area contributed by atoms with E-state index in [-0.39, 0.29) is 10.7 Å². The molecule has 0 saturated carbocycles. The highest BCUT2D eigenvalue weighted by atomic mass is 79.9. The summed E-state index contributed by atoms with van der Waals surface area (Å²) in [5, 5.41) is 0. The molecule has 1 aromatic rings. The summed E-state index contributed by atoms with van der Waals surface area (Å²) in [6, 6.07) is 3.93. The summed E-state index contributed by atoms with van der Waals surface area (Å²) in [4.78, 5) is 11.2. The Kier molecular flexibility index (Phi) is 3.14. The molecule has 4 heteroatoms. The maximum absolute atomic E-state index is 11.3. The van der Waals surface area contributed by atoms with Crippen LogP contribution in [-0.2, 0) is 4.79 Å². The van der Waals surface area contributed by atoms with E-state index in [1.165, 1.54) is 0 Å². The van der Waals surface area contributed by atoms with E-state index in [1.54, 1.807) is 11.6 Å². The first kappa shape index (κ1) is 10.3. The quantitative estimate of drug-likeness (QED) is 0.794. The van der Waals surface area contributed by atoms with E-state index in [9.17, 15) is 4.79 Å². The first-order valence-electron chi connectivity index (χ1n) is 4.12. The van der Waals surface area contributed by atoms with Crippen LogP contribution < -0.4 is 5.43 Å². The molecule has 1 aromatic heterocycles. The summed E-state index contributed by atoms with van der Waals surface area (Å²) in [6.45, 7) is 5.70. The Labute approximate surface area is 86.2 Å². The van der Waals surface area contributed by atoms with Gasteiger partial charge in [-0.15, -0.1) is 0 Å². The molecule has 1 unspecified atom stereocenters. The number of carbonyl (C=O) groups excluding carboxylic acids is 1. The fraction of sp³-hybridized carbons (Fsp3) is 0.444. The average Bonchev–Trinajstić information content (AvgIpc) is 2.35. The number of halogens is 1. The van der Waals surface area contributed by atoms with Gasteiger partial charge in [0.1, 0.15) is 0 Å². The third-order valence-corrected chi connectivity index (χ3v) is 2.27. The highest BCUT2D eigenvalue weighted by molar-refractivity contribution is 9.10. The fourth-order valence-electron chi connectivity index (χ4n) is 1.04. The predicted molar refractivity (Wildman–Crippen MR) is 56.7 cm³/mol. The van der Waals surface area contributed by atoms with Crippen molar-refractivity contribution in [1.82, 2.24) is 4.68 Å². The number of hydrogen-bond acceptors (Lipinski definition) is 1. The van der Waals surface area contributed by atoms with Crippen molar-refractivity contribution in [2.45, 2.75) is 25.6 Å². The summed E-state index contributed by atoms with van der Waals surface area (Å²) in [7, 11) is 0. The van der Waals surface area contributed by atoms with Crippen LogP contribution in [0.1, 0.15) is 18.3 Å². The molecule has 0 aliphatic carbocycles. The topological polar surface area (TPSA) is 34.0 Å². The second-order valence-corrected chi connectivity index (χ2v) is 4.42. The molecule has 72 valence electrons. The first-order valence-corrected chi connectivity index (χ1v) is 5.04. The predicted octanol–water partition coefficient (Wildman–Crippen LogP) is 1.96. The highest BCUT2D eigenvalue weighted by Crippen LogP contribution is 2.05. The largest absolute Gasteiger partial charge is 0.272 e. The summed E-state index contributed by atoms with van der Waals surface area (Å²) in [5.41, 5.74) is 4.84. The van der Waals surface area contributed by atoms with Gasteiger partial charge in [-0.1, -0.05) is 15.9 Å². The zero-order chi connectivity index (χ0) is 10.0. The number of amides is 1. The van der Waals surface area contributed by atoms with Gasteiger partial charge in [0, 0.05) is 11.4 Å². The minimum Gasteiger partial charge on any atom is -0.272 e. The number of carbonyl (C=O) groups is 1. The lowest BCUT2D eigenvalue weighted by molar-refractivity contribution is -0.116. The number of aryl methyl sites for hydroxylation is 2. The lowest BCUT2D eigenvalue weighted by Gasteiger charge is -2.11. The lowest BCUT2D eigenvalue weighted by Crippen LogP contribution is -2.29. The van der Waals surface area contributed by atoms with Crippen LogP contribution in [0.15, 0.2) is 12.1 Å². The molecule has 1 heterocycles. The summed E-state index contributed by atoms with van der Waals surface area (Å²) in [6.07, 6.45) is 0. The number of alkyl halides is 1. The molecule has 1 amide bonds.